The molecule has 172 valence electrons. The van der Waals surface area contributed by atoms with Gasteiger partial charge in [-0.05, 0) is 50.5 Å². The van der Waals surface area contributed by atoms with Crippen molar-refractivity contribution in [3.63, 3.8) is 0 Å². The molecule has 0 spiro atoms. The fraction of sp³-hybridized carbons (Fsp3) is 0.391. The summed E-state index contributed by atoms with van der Waals surface area (Å²) in [7, 11) is -3.45. The number of benzene rings is 2. The third-order valence-corrected chi connectivity index (χ3v) is 7.60. The van der Waals surface area contributed by atoms with E-state index in [1.165, 1.54) is 16.4 Å². The number of aryl methyl sites for hydroxylation is 1. The van der Waals surface area contributed by atoms with Gasteiger partial charge < -0.3 is 10.1 Å². The summed E-state index contributed by atoms with van der Waals surface area (Å²) in [4.78, 5) is 24.7. The quantitative estimate of drug-likeness (QED) is 0.607. The maximum atomic E-state index is 12.8. The molecule has 1 heterocycles. The minimum Gasteiger partial charge on any atom is -0.462 e. The molecule has 0 saturated carbocycles. The number of amides is 1. The van der Waals surface area contributed by atoms with E-state index in [2.05, 4.69) is 5.32 Å². The van der Waals surface area contributed by atoms with Crippen LogP contribution in [0.15, 0.2) is 42.5 Å². The van der Waals surface area contributed by atoms with Gasteiger partial charge in [-0.1, -0.05) is 41.4 Å². The second kappa shape index (κ2) is 10.5. The minimum atomic E-state index is -3.45. The molecule has 9 heteroatoms. The second-order valence-electron chi connectivity index (χ2n) is 7.82. The first-order valence-electron chi connectivity index (χ1n) is 10.5. The van der Waals surface area contributed by atoms with Crippen LogP contribution in [-0.4, -0.2) is 44.3 Å². The van der Waals surface area contributed by atoms with E-state index >= 15 is 0 Å². The van der Waals surface area contributed by atoms with Crippen molar-refractivity contribution in [3.05, 3.63) is 64.2 Å². The van der Waals surface area contributed by atoms with Crippen LogP contribution in [0.5, 0.6) is 0 Å². The number of hydrogen-bond acceptors (Lipinski definition) is 5. The molecule has 0 radical (unpaired) electrons. The first-order valence-corrected chi connectivity index (χ1v) is 12.5. The molecule has 1 N–H and O–H groups in total. The Balaban J connectivity index is 1.58. The molecule has 2 aromatic carbocycles. The molecule has 0 aromatic heterocycles. The van der Waals surface area contributed by atoms with Crippen LogP contribution in [0.25, 0.3) is 0 Å². The molecular formula is C23H27ClN2O5S. The zero-order chi connectivity index (χ0) is 23.3. The van der Waals surface area contributed by atoms with E-state index in [9.17, 15) is 18.0 Å². The number of piperidine rings is 1. The largest absolute Gasteiger partial charge is 0.462 e. The lowest BCUT2D eigenvalue weighted by Gasteiger charge is -2.30. The predicted octanol–water partition coefficient (Wildman–Crippen LogP) is 4.01. The van der Waals surface area contributed by atoms with Crippen molar-refractivity contribution < 1.29 is 22.7 Å². The van der Waals surface area contributed by atoms with Crippen LogP contribution in [0.3, 0.4) is 0 Å². The van der Waals surface area contributed by atoms with E-state index in [1.54, 1.807) is 13.0 Å². The van der Waals surface area contributed by atoms with Crippen molar-refractivity contribution in [1.82, 2.24) is 4.31 Å². The van der Waals surface area contributed by atoms with Crippen molar-refractivity contribution >= 4 is 39.2 Å². The van der Waals surface area contributed by atoms with Gasteiger partial charge in [0.2, 0.25) is 15.9 Å². The number of anilines is 1. The Labute approximate surface area is 193 Å². The smallest absolute Gasteiger partial charge is 0.339 e. The molecular weight excluding hydrogens is 452 g/mol. The van der Waals surface area contributed by atoms with Crippen LogP contribution in [0.1, 0.15) is 41.3 Å². The number of nitrogens with zero attached hydrogens (tertiary/aromatic N) is 1. The number of esters is 1. The summed E-state index contributed by atoms with van der Waals surface area (Å²) in [5, 5.41) is 3.05. The summed E-state index contributed by atoms with van der Waals surface area (Å²) in [5.41, 5.74) is 2.45. The Kier molecular flexibility index (Phi) is 7.92. The standard InChI is InChI=1S/C23H27ClN2O5S/c1-3-31-23(28)20-14-19(8-9-21(20)24)25-22(27)18-10-12-26(13-11-18)32(29,30)15-17-6-4-16(2)5-7-17/h4-9,14,18H,3,10-13,15H2,1-2H3,(H,25,27). The third kappa shape index (κ3) is 6.09. The van der Waals surface area contributed by atoms with Gasteiger partial charge in [0.25, 0.3) is 0 Å². The average molecular weight is 479 g/mol. The van der Waals surface area contributed by atoms with E-state index in [0.29, 0.717) is 31.6 Å². The lowest BCUT2D eigenvalue weighted by molar-refractivity contribution is -0.120. The van der Waals surface area contributed by atoms with E-state index in [4.69, 9.17) is 16.3 Å². The highest BCUT2D eigenvalue weighted by Crippen LogP contribution is 2.25. The number of rotatable bonds is 7. The van der Waals surface area contributed by atoms with Gasteiger partial charge in [0.05, 0.1) is 22.9 Å². The summed E-state index contributed by atoms with van der Waals surface area (Å²) in [6.45, 7) is 4.46. The van der Waals surface area contributed by atoms with Crippen molar-refractivity contribution in [3.8, 4) is 0 Å². The SMILES string of the molecule is CCOC(=O)c1cc(NC(=O)C2CCN(S(=O)(=O)Cc3ccc(C)cc3)CC2)ccc1Cl. The normalized spacial score (nSPS) is 15.3. The fourth-order valence-corrected chi connectivity index (χ4v) is 5.35. The molecule has 0 aliphatic carbocycles. The van der Waals surface area contributed by atoms with Crippen LogP contribution in [0.2, 0.25) is 5.02 Å². The number of hydrogen-bond donors (Lipinski definition) is 1. The summed E-state index contributed by atoms with van der Waals surface area (Å²) in [6.07, 6.45) is 0.856. The van der Waals surface area contributed by atoms with Crippen molar-refractivity contribution in [1.29, 1.82) is 0 Å². The van der Waals surface area contributed by atoms with Crippen LogP contribution >= 0.6 is 11.6 Å². The molecule has 2 aromatic rings. The molecule has 1 aliphatic heterocycles. The van der Waals surface area contributed by atoms with Gasteiger partial charge >= 0.3 is 5.97 Å². The third-order valence-electron chi connectivity index (χ3n) is 5.42. The Morgan fingerprint density at radius 1 is 1.12 bits per heavy atom. The first kappa shape index (κ1) is 24.2. The van der Waals surface area contributed by atoms with E-state index in [0.717, 1.165) is 11.1 Å². The highest BCUT2D eigenvalue weighted by molar-refractivity contribution is 7.88. The maximum absolute atomic E-state index is 12.8. The zero-order valence-corrected chi connectivity index (χ0v) is 19.7. The molecule has 1 aliphatic rings. The summed E-state index contributed by atoms with van der Waals surface area (Å²) < 4.78 is 32.0. The van der Waals surface area contributed by atoms with Crippen LogP contribution in [0, 0.1) is 12.8 Å². The Hall–Kier alpha value is -2.42. The van der Waals surface area contributed by atoms with Crippen LogP contribution in [0.4, 0.5) is 5.69 Å². The molecule has 7 nitrogen and oxygen atoms in total. The van der Waals surface area contributed by atoms with Gasteiger partial charge in [-0.25, -0.2) is 17.5 Å². The Morgan fingerprint density at radius 2 is 1.78 bits per heavy atom. The number of halogens is 1. The van der Waals surface area contributed by atoms with Gasteiger partial charge in [-0.15, -0.1) is 0 Å². The summed E-state index contributed by atoms with van der Waals surface area (Å²) >= 11 is 6.06. The van der Waals surface area contributed by atoms with E-state index in [1.807, 2.05) is 31.2 Å². The molecule has 0 bridgehead atoms. The highest BCUT2D eigenvalue weighted by Gasteiger charge is 2.31. The summed E-state index contributed by atoms with van der Waals surface area (Å²) in [5.74, 6) is -1.13. The fourth-order valence-electron chi connectivity index (χ4n) is 3.59. The van der Waals surface area contributed by atoms with Crippen molar-refractivity contribution in [2.75, 3.05) is 25.0 Å². The maximum Gasteiger partial charge on any atom is 0.339 e. The molecule has 32 heavy (non-hydrogen) atoms. The Bertz CT molecular complexity index is 1080. The predicted molar refractivity (Wildman–Crippen MR) is 124 cm³/mol. The number of ether oxygens (including phenoxy) is 1. The van der Waals surface area contributed by atoms with E-state index in [-0.39, 0.29) is 34.8 Å². The lowest BCUT2D eigenvalue weighted by atomic mass is 9.97. The van der Waals surface area contributed by atoms with Gasteiger partial charge in [0, 0.05) is 24.7 Å². The van der Waals surface area contributed by atoms with Crippen LogP contribution in [-0.2, 0) is 25.3 Å². The molecule has 1 amide bonds. The van der Waals surface area contributed by atoms with Gasteiger partial charge in [-0.3, -0.25) is 4.79 Å². The first-order chi connectivity index (χ1) is 15.2. The Morgan fingerprint density at radius 3 is 2.41 bits per heavy atom. The lowest BCUT2D eigenvalue weighted by Crippen LogP contribution is -2.41. The minimum absolute atomic E-state index is 0.0500. The van der Waals surface area contributed by atoms with Gasteiger partial charge in [0.15, 0.2) is 0 Å². The van der Waals surface area contributed by atoms with Crippen molar-refractivity contribution in [2.24, 2.45) is 5.92 Å². The number of carbonyl (C=O) groups is 2. The molecule has 0 unspecified atom stereocenters. The molecule has 1 saturated heterocycles. The molecule has 3 rings (SSSR count). The molecule has 0 atom stereocenters. The average Bonchev–Trinajstić information content (AvgIpc) is 2.76. The second-order valence-corrected chi connectivity index (χ2v) is 10.2. The van der Waals surface area contributed by atoms with Crippen molar-refractivity contribution in [2.45, 2.75) is 32.4 Å². The summed E-state index contributed by atoms with van der Waals surface area (Å²) in [6, 6.07) is 12.1. The number of nitrogens with one attached hydrogen (secondary N) is 1. The number of sulfonamides is 1. The van der Waals surface area contributed by atoms with Gasteiger partial charge in [-0.2, -0.15) is 0 Å². The number of carbonyl (C=O) groups excluding carboxylic acids is 2. The molecule has 1 fully saturated rings. The van der Waals surface area contributed by atoms with E-state index < -0.39 is 16.0 Å². The monoisotopic (exact) mass is 478 g/mol. The van der Waals surface area contributed by atoms with Crippen LogP contribution < -0.4 is 5.32 Å². The van der Waals surface area contributed by atoms with Gasteiger partial charge in [0.1, 0.15) is 0 Å². The zero-order valence-electron chi connectivity index (χ0n) is 18.1. The topological polar surface area (TPSA) is 92.8 Å². The highest BCUT2D eigenvalue weighted by atomic mass is 35.5.